The van der Waals surface area contributed by atoms with Crippen LogP contribution in [0.25, 0.3) is 5.76 Å². The Hall–Kier alpha value is -3.19. The lowest BCUT2D eigenvalue weighted by Gasteiger charge is -2.25. The van der Waals surface area contributed by atoms with Crippen LogP contribution in [0.2, 0.25) is 0 Å². The van der Waals surface area contributed by atoms with E-state index in [9.17, 15) is 19.1 Å². The van der Waals surface area contributed by atoms with Crippen LogP contribution in [-0.2, 0) is 14.3 Å². The van der Waals surface area contributed by atoms with Crippen molar-refractivity contribution in [1.29, 1.82) is 0 Å². The summed E-state index contributed by atoms with van der Waals surface area (Å²) in [5.41, 5.74) is 0.906. The zero-order valence-corrected chi connectivity index (χ0v) is 17.8. The predicted molar refractivity (Wildman–Crippen MR) is 114 cm³/mol. The van der Waals surface area contributed by atoms with Crippen molar-refractivity contribution in [3.63, 3.8) is 0 Å². The molecule has 1 aliphatic rings. The van der Waals surface area contributed by atoms with E-state index < -0.39 is 23.5 Å². The van der Waals surface area contributed by atoms with Gasteiger partial charge in [-0.25, -0.2) is 4.39 Å². The molecule has 2 aromatic rings. The number of nitrogens with zero attached hydrogens (tertiary/aromatic N) is 1. The Bertz CT molecular complexity index is 966. The van der Waals surface area contributed by atoms with Gasteiger partial charge in [0.2, 0.25) is 0 Å². The monoisotopic (exact) mass is 427 g/mol. The third-order valence-corrected chi connectivity index (χ3v) is 4.97. The number of ketones is 1. The van der Waals surface area contributed by atoms with Crippen molar-refractivity contribution < 1.29 is 28.6 Å². The van der Waals surface area contributed by atoms with Crippen molar-refractivity contribution in [2.75, 3.05) is 20.3 Å². The third kappa shape index (κ3) is 4.94. The van der Waals surface area contributed by atoms with Crippen molar-refractivity contribution in [3.05, 3.63) is 71.0 Å². The van der Waals surface area contributed by atoms with E-state index in [1.165, 1.54) is 29.2 Å². The molecule has 164 valence electrons. The van der Waals surface area contributed by atoms with Gasteiger partial charge in [0.1, 0.15) is 17.3 Å². The lowest BCUT2D eigenvalue weighted by Crippen LogP contribution is -2.31. The first-order chi connectivity index (χ1) is 14.8. The molecule has 1 aliphatic heterocycles. The average molecular weight is 427 g/mol. The predicted octanol–water partition coefficient (Wildman–Crippen LogP) is 4.07. The van der Waals surface area contributed by atoms with Crippen molar-refractivity contribution >= 4 is 17.4 Å². The van der Waals surface area contributed by atoms with Crippen LogP contribution >= 0.6 is 0 Å². The molecule has 0 bridgehead atoms. The second-order valence-electron chi connectivity index (χ2n) is 7.58. The van der Waals surface area contributed by atoms with E-state index in [4.69, 9.17) is 9.47 Å². The van der Waals surface area contributed by atoms with Gasteiger partial charge in [0, 0.05) is 25.8 Å². The fourth-order valence-electron chi connectivity index (χ4n) is 3.60. The van der Waals surface area contributed by atoms with Gasteiger partial charge in [0.25, 0.3) is 11.7 Å². The Balaban J connectivity index is 2.04. The smallest absolute Gasteiger partial charge is 0.295 e. The highest BCUT2D eigenvalue weighted by atomic mass is 19.1. The number of benzene rings is 2. The van der Waals surface area contributed by atoms with E-state index in [1.807, 2.05) is 13.8 Å². The topological polar surface area (TPSA) is 76.1 Å². The molecular formula is C24H26FNO5. The molecule has 1 amide bonds. The molecule has 0 aliphatic carbocycles. The molecule has 0 aromatic heterocycles. The number of halogens is 1. The number of carbonyl (C=O) groups is 2. The first kappa shape index (κ1) is 22.5. The SMILES string of the molecule is COCCCN1C(=O)C(=O)/C(=C(/O)c2ccc(OC(C)C)cc2)[C@H]1c1ccc(F)cc1. The second kappa shape index (κ2) is 9.75. The van der Waals surface area contributed by atoms with E-state index in [1.54, 1.807) is 31.4 Å². The van der Waals surface area contributed by atoms with Gasteiger partial charge in [-0.1, -0.05) is 12.1 Å². The van der Waals surface area contributed by atoms with Gasteiger partial charge in [0.05, 0.1) is 17.7 Å². The van der Waals surface area contributed by atoms with Gasteiger partial charge in [-0.2, -0.15) is 0 Å². The molecule has 0 spiro atoms. The Morgan fingerprint density at radius 1 is 1.10 bits per heavy atom. The minimum atomic E-state index is -0.816. The van der Waals surface area contributed by atoms with Gasteiger partial charge < -0.3 is 19.5 Å². The molecule has 1 heterocycles. The van der Waals surface area contributed by atoms with Crippen LogP contribution < -0.4 is 4.74 Å². The summed E-state index contributed by atoms with van der Waals surface area (Å²) in [5.74, 6) is -1.56. The number of hydrogen-bond donors (Lipinski definition) is 1. The molecule has 3 rings (SSSR count). The highest BCUT2D eigenvalue weighted by Gasteiger charge is 2.45. The average Bonchev–Trinajstić information content (AvgIpc) is 2.99. The molecule has 1 fully saturated rings. The van der Waals surface area contributed by atoms with Gasteiger partial charge in [0.15, 0.2) is 0 Å². The molecule has 1 saturated heterocycles. The van der Waals surface area contributed by atoms with Gasteiger partial charge in [-0.3, -0.25) is 9.59 Å². The van der Waals surface area contributed by atoms with E-state index in [0.29, 0.717) is 29.9 Å². The molecule has 2 aromatic carbocycles. The van der Waals surface area contributed by atoms with Crippen LogP contribution in [-0.4, -0.2) is 48.1 Å². The molecule has 31 heavy (non-hydrogen) atoms. The fraction of sp³-hybridized carbons (Fsp3) is 0.333. The number of amides is 1. The van der Waals surface area contributed by atoms with Crippen molar-refractivity contribution in [3.8, 4) is 5.75 Å². The van der Waals surface area contributed by atoms with E-state index in [2.05, 4.69) is 0 Å². The van der Waals surface area contributed by atoms with Gasteiger partial charge >= 0.3 is 0 Å². The molecule has 1 N–H and O–H groups in total. The zero-order valence-electron chi connectivity index (χ0n) is 17.8. The van der Waals surface area contributed by atoms with Crippen LogP contribution in [0.15, 0.2) is 54.1 Å². The molecular weight excluding hydrogens is 401 g/mol. The maximum Gasteiger partial charge on any atom is 0.295 e. The Morgan fingerprint density at radius 3 is 2.32 bits per heavy atom. The maximum atomic E-state index is 13.5. The Morgan fingerprint density at radius 2 is 1.74 bits per heavy atom. The lowest BCUT2D eigenvalue weighted by atomic mass is 9.95. The van der Waals surface area contributed by atoms with E-state index in [0.717, 1.165) is 0 Å². The molecule has 1 atom stereocenters. The van der Waals surface area contributed by atoms with Crippen LogP contribution in [0.5, 0.6) is 5.75 Å². The molecule has 0 unspecified atom stereocenters. The summed E-state index contributed by atoms with van der Waals surface area (Å²) < 4.78 is 24.2. The van der Waals surface area contributed by atoms with Gasteiger partial charge in [-0.05, 0) is 62.2 Å². The summed E-state index contributed by atoms with van der Waals surface area (Å²) in [7, 11) is 1.55. The quantitative estimate of drug-likeness (QED) is 0.297. The number of carbonyl (C=O) groups excluding carboxylic acids is 2. The highest BCUT2D eigenvalue weighted by molar-refractivity contribution is 6.46. The zero-order chi connectivity index (χ0) is 22.5. The summed E-state index contributed by atoms with van der Waals surface area (Å²) in [6, 6.07) is 11.4. The number of hydrogen-bond acceptors (Lipinski definition) is 5. The largest absolute Gasteiger partial charge is 0.507 e. The number of aliphatic hydroxyl groups is 1. The summed E-state index contributed by atoms with van der Waals surface area (Å²) in [6.07, 6.45) is 0.512. The van der Waals surface area contributed by atoms with Crippen molar-refractivity contribution in [1.82, 2.24) is 4.90 Å². The number of methoxy groups -OCH3 is 1. The normalized spacial score (nSPS) is 18.1. The number of aliphatic hydroxyl groups excluding tert-OH is 1. The fourth-order valence-corrected chi connectivity index (χ4v) is 3.60. The van der Waals surface area contributed by atoms with Gasteiger partial charge in [-0.15, -0.1) is 0 Å². The highest BCUT2D eigenvalue weighted by Crippen LogP contribution is 2.39. The molecule has 6 nitrogen and oxygen atoms in total. The van der Waals surface area contributed by atoms with Crippen LogP contribution in [0.4, 0.5) is 4.39 Å². The molecule has 0 radical (unpaired) electrons. The first-order valence-corrected chi connectivity index (χ1v) is 10.1. The summed E-state index contributed by atoms with van der Waals surface area (Å²) >= 11 is 0. The Labute approximate surface area is 180 Å². The van der Waals surface area contributed by atoms with Crippen molar-refractivity contribution in [2.24, 2.45) is 0 Å². The van der Waals surface area contributed by atoms with E-state index >= 15 is 0 Å². The van der Waals surface area contributed by atoms with E-state index in [-0.39, 0.29) is 24.0 Å². The minimum Gasteiger partial charge on any atom is -0.507 e. The molecule has 7 heteroatoms. The Kier molecular flexibility index (Phi) is 7.07. The minimum absolute atomic E-state index is 0.00431. The third-order valence-electron chi connectivity index (χ3n) is 4.97. The second-order valence-corrected chi connectivity index (χ2v) is 7.58. The first-order valence-electron chi connectivity index (χ1n) is 10.1. The maximum absolute atomic E-state index is 13.5. The summed E-state index contributed by atoms with van der Waals surface area (Å²) in [5, 5.41) is 11.0. The lowest BCUT2D eigenvalue weighted by molar-refractivity contribution is -0.140. The van der Waals surface area contributed by atoms with Crippen LogP contribution in [0, 0.1) is 5.82 Å². The summed E-state index contributed by atoms with van der Waals surface area (Å²) in [6.45, 7) is 4.48. The van der Waals surface area contributed by atoms with Crippen LogP contribution in [0.3, 0.4) is 0 Å². The van der Waals surface area contributed by atoms with Crippen LogP contribution in [0.1, 0.15) is 37.4 Å². The number of ether oxygens (including phenoxy) is 2. The van der Waals surface area contributed by atoms with Crippen molar-refractivity contribution in [2.45, 2.75) is 32.4 Å². The molecule has 0 saturated carbocycles. The summed E-state index contributed by atoms with van der Waals surface area (Å²) in [4.78, 5) is 27.1. The number of rotatable bonds is 8. The standard InChI is InChI=1S/C24H26FNO5/c1-15(2)31-19-11-7-17(8-12-19)22(27)20-21(16-5-9-18(25)10-6-16)26(13-4-14-30-3)24(29)23(20)28/h5-12,15,21,27H,4,13-14H2,1-3H3/b22-20+/t21-/m1/s1. The number of Topliss-reactive ketones (excluding diaryl/α,β-unsaturated/α-hetero) is 1. The number of likely N-dealkylation sites (tertiary alicyclic amines) is 1.